The Kier molecular flexibility index (Phi) is 7.78. The summed E-state index contributed by atoms with van der Waals surface area (Å²) in [5.74, 6) is 1.78. The first-order chi connectivity index (χ1) is 34.0. The highest BCUT2D eigenvalue weighted by Crippen LogP contribution is 2.59. The topological polar surface area (TPSA) is 56.7 Å². The molecule has 0 radical (unpaired) electrons. The minimum atomic E-state index is -0.140. The van der Waals surface area contributed by atoms with Crippen LogP contribution in [0, 0.1) is 0 Å². The summed E-state index contributed by atoms with van der Waals surface area (Å²) in [5, 5.41) is 6.90. The van der Waals surface area contributed by atoms with Gasteiger partial charge in [0.2, 0.25) is 0 Å². The first kappa shape index (κ1) is 38.2. The molecule has 13 aromatic rings. The third-order valence-corrected chi connectivity index (χ3v) is 15.0. The molecule has 5 nitrogen and oxygen atoms in total. The van der Waals surface area contributed by atoms with Crippen LogP contribution in [0.5, 0.6) is 0 Å². The van der Waals surface area contributed by atoms with Crippen molar-refractivity contribution in [3.63, 3.8) is 0 Å². The van der Waals surface area contributed by atoms with E-state index in [0.29, 0.717) is 17.5 Å². The molecule has 2 aliphatic rings. The number of nitrogens with zero attached hydrogens (tertiary/aromatic N) is 4. The number of hydrogen-bond acceptors (Lipinski definition) is 4. The van der Waals surface area contributed by atoms with Crippen molar-refractivity contribution in [3.05, 3.63) is 217 Å². The van der Waals surface area contributed by atoms with Crippen LogP contribution in [0.3, 0.4) is 0 Å². The van der Waals surface area contributed by atoms with Crippen LogP contribution in [0.2, 0.25) is 0 Å². The van der Waals surface area contributed by atoms with Gasteiger partial charge >= 0.3 is 0 Å². The Labute approximate surface area is 397 Å². The summed E-state index contributed by atoms with van der Waals surface area (Å²) in [6.45, 7) is 4.78. The predicted molar refractivity (Wildman–Crippen MR) is 283 cm³/mol. The molecule has 5 heteroatoms. The van der Waals surface area contributed by atoms with Crippen molar-refractivity contribution in [3.8, 4) is 84.4 Å². The molecule has 0 saturated carbocycles. The molecule has 0 bridgehead atoms. The van der Waals surface area contributed by atoms with Crippen molar-refractivity contribution in [1.29, 1.82) is 0 Å². The van der Waals surface area contributed by atoms with Crippen LogP contribution in [-0.4, -0.2) is 19.5 Å². The van der Waals surface area contributed by atoms with Gasteiger partial charge in [-0.25, -0.2) is 15.0 Å². The highest BCUT2D eigenvalue weighted by molar-refractivity contribution is 6.20. The summed E-state index contributed by atoms with van der Waals surface area (Å²) in [4.78, 5) is 15.5. The predicted octanol–water partition coefficient (Wildman–Crippen LogP) is 16.6. The van der Waals surface area contributed by atoms with Crippen LogP contribution in [-0.2, 0) is 5.41 Å². The molecule has 4 heterocycles. The summed E-state index contributed by atoms with van der Waals surface area (Å²) < 4.78 is 9.03. The number of rotatable bonds is 5. The second kappa shape index (κ2) is 14.0. The summed E-state index contributed by atoms with van der Waals surface area (Å²) in [6.07, 6.45) is 0. The average molecular weight is 881 g/mol. The molecule has 3 aromatic heterocycles. The summed E-state index contributed by atoms with van der Waals surface area (Å²) in [7, 11) is 0. The van der Waals surface area contributed by atoms with E-state index in [4.69, 9.17) is 19.4 Å². The van der Waals surface area contributed by atoms with Crippen LogP contribution < -0.4 is 0 Å². The third-order valence-electron chi connectivity index (χ3n) is 15.0. The fourth-order valence-corrected chi connectivity index (χ4v) is 11.8. The highest BCUT2D eigenvalue weighted by Gasteiger charge is 2.42. The monoisotopic (exact) mass is 880 g/mol. The van der Waals surface area contributed by atoms with Crippen LogP contribution in [0.4, 0.5) is 0 Å². The first-order valence-corrected chi connectivity index (χ1v) is 23.7. The second-order valence-corrected chi connectivity index (χ2v) is 19.1. The molecule has 0 fully saturated rings. The molecule has 1 aliphatic heterocycles. The van der Waals surface area contributed by atoms with E-state index in [0.717, 1.165) is 60.5 Å². The Morgan fingerprint density at radius 1 is 0.377 bits per heavy atom. The zero-order chi connectivity index (χ0) is 45.5. The average Bonchev–Trinajstić information content (AvgIpc) is 4.00. The van der Waals surface area contributed by atoms with E-state index in [1.165, 1.54) is 72.0 Å². The lowest BCUT2D eigenvalue weighted by Crippen LogP contribution is -2.15. The van der Waals surface area contributed by atoms with E-state index in [1.807, 2.05) is 24.3 Å². The Morgan fingerprint density at radius 2 is 0.957 bits per heavy atom. The van der Waals surface area contributed by atoms with E-state index in [1.54, 1.807) is 0 Å². The van der Waals surface area contributed by atoms with E-state index in [-0.39, 0.29) is 5.41 Å². The standard InChI is InChI=1S/C64H40N4O/c1-64(2)51-35-33-43(56-49-18-6-9-23-54(49)68-53-22-8-5-16-44(53)46-34-36-52(64)58(57(51)56)59(46)68)40-29-25-37(26-30-40)38-27-31-41(32-28-38)61-65-62(48-20-11-14-39-13-3-4-15-42(39)48)67-63(66-61)50-21-12-19-47-45-17-7-10-24-55(45)69-60(47)50/h3-36H,1-2H3. The zero-order valence-corrected chi connectivity index (χ0v) is 37.8. The third kappa shape index (κ3) is 5.38. The van der Waals surface area contributed by atoms with Crippen LogP contribution in [0.15, 0.2) is 211 Å². The normalized spacial score (nSPS) is 13.2. The Balaban J connectivity index is 0.840. The molecule has 10 aromatic carbocycles. The Hall–Kier alpha value is -8.93. The molecular weight excluding hydrogens is 841 g/mol. The number of furan rings is 1. The maximum Gasteiger partial charge on any atom is 0.167 e. The van der Waals surface area contributed by atoms with Gasteiger partial charge in [0, 0.05) is 49.2 Å². The highest BCUT2D eigenvalue weighted by atomic mass is 16.3. The van der Waals surface area contributed by atoms with Gasteiger partial charge in [-0.05, 0) is 79.5 Å². The van der Waals surface area contributed by atoms with Crippen molar-refractivity contribution in [2.45, 2.75) is 19.3 Å². The van der Waals surface area contributed by atoms with Crippen LogP contribution in [0.25, 0.3) is 139 Å². The molecule has 0 unspecified atom stereocenters. The van der Waals surface area contributed by atoms with Gasteiger partial charge in [-0.2, -0.15) is 0 Å². The van der Waals surface area contributed by atoms with Crippen molar-refractivity contribution in [2.24, 2.45) is 0 Å². The number of hydrogen-bond donors (Lipinski definition) is 0. The quantitative estimate of drug-likeness (QED) is 0.173. The largest absolute Gasteiger partial charge is 0.455 e. The van der Waals surface area contributed by atoms with E-state index in [9.17, 15) is 0 Å². The van der Waals surface area contributed by atoms with Gasteiger partial charge in [0.25, 0.3) is 0 Å². The van der Waals surface area contributed by atoms with Gasteiger partial charge in [-0.3, -0.25) is 0 Å². The Morgan fingerprint density at radius 3 is 1.80 bits per heavy atom. The molecular formula is C64H40N4O. The summed E-state index contributed by atoms with van der Waals surface area (Å²) >= 11 is 0. The molecule has 322 valence electrons. The van der Waals surface area contributed by atoms with Crippen molar-refractivity contribution in [1.82, 2.24) is 19.5 Å². The van der Waals surface area contributed by atoms with Gasteiger partial charge < -0.3 is 8.98 Å². The number of para-hydroxylation sites is 4. The number of aromatic nitrogens is 4. The van der Waals surface area contributed by atoms with Gasteiger partial charge in [0.15, 0.2) is 17.5 Å². The number of fused-ring (bicyclic) bond motifs is 10. The van der Waals surface area contributed by atoms with Gasteiger partial charge in [0.05, 0.1) is 22.3 Å². The van der Waals surface area contributed by atoms with Crippen LogP contribution >= 0.6 is 0 Å². The van der Waals surface area contributed by atoms with Crippen molar-refractivity contribution < 1.29 is 4.42 Å². The van der Waals surface area contributed by atoms with E-state index in [2.05, 4.69) is 200 Å². The van der Waals surface area contributed by atoms with Crippen molar-refractivity contribution in [2.75, 3.05) is 0 Å². The van der Waals surface area contributed by atoms with E-state index >= 15 is 0 Å². The molecule has 0 saturated heterocycles. The number of benzene rings is 10. The zero-order valence-electron chi connectivity index (χ0n) is 37.8. The molecule has 0 amide bonds. The second-order valence-electron chi connectivity index (χ2n) is 19.1. The molecule has 1 aliphatic carbocycles. The van der Waals surface area contributed by atoms with Gasteiger partial charge in [-0.1, -0.05) is 196 Å². The molecule has 0 spiro atoms. The molecule has 15 rings (SSSR count). The fourth-order valence-electron chi connectivity index (χ4n) is 11.8. The van der Waals surface area contributed by atoms with Gasteiger partial charge in [0.1, 0.15) is 11.2 Å². The van der Waals surface area contributed by atoms with E-state index < -0.39 is 0 Å². The summed E-state index contributed by atoms with van der Waals surface area (Å²) in [5.41, 5.74) is 20.7. The minimum Gasteiger partial charge on any atom is -0.455 e. The SMILES string of the molecule is CC1(C)c2ccc(-c3ccc(-c4ccc(-c5nc(-c6cccc7ccccc67)nc(-c6cccc7c6oc6ccccc67)n5)cc4)cc3)c3c2-c2c1ccc1c4ccccc4n(c21)-c1ccccc1-3. The first-order valence-electron chi connectivity index (χ1n) is 23.7. The smallest absolute Gasteiger partial charge is 0.167 e. The minimum absolute atomic E-state index is 0.140. The lowest BCUT2D eigenvalue weighted by atomic mass is 9.80. The summed E-state index contributed by atoms with van der Waals surface area (Å²) in [6, 6.07) is 74.1. The molecule has 0 N–H and O–H groups in total. The lowest BCUT2D eigenvalue weighted by Gasteiger charge is -2.24. The Bertz CT molecular complexity index is 4320. The van der Waals surface area contributed by atoms with Crippen molar-refractivity contribution >= 4 is 54.5 Å². The lowest BCUT2D eigenvalue weighted by molar-refractivity contribution is 0.661. The maximum absolute atomic E-state index is 6.50. The fraction of sp³-hybridized carbons (Fsp3) is 0.0469. The molecule has 0 atom stereocenters. The van der Waals surface area contributed by atoms with Gasteiger partial charge in [-0.15, -0.1) is 0 Å². The molecule has 69 heavy (non-hydrogen) atoms. The van der Waals surface area contributed by atoms with Crippen LogP contribution in [0.1, 0.15) is 25.0 Å². The maximum atomic E-state index is 6.50.